The van der Waals surface area contributed by atoms with Crippen LogP contribution in [0.25, 0.3) is 17.8 Å². The van der Waals surface area contributed by atoms with Gasteiger partial charge in [-0.15, -0.1) is 5.10 Å². The first kappa shape index (κ1) is 15.2. The summed E-state index contributed by atoms with van der Waals surface area (Å²) in [5.74, 6) is 0. The van der Waals surface area contributed by atoms with Crippen molar-refractivity contribution in [3.8, 4) is 5.69 Å². The average molecular weight is 305 g/mol. The van der Waals surface area contributed by atoms with Crippen molar-refractivity contribution in [2.75, 3.05) is 0 Å². The van der Waals surface area contributed by atoms with Crippen molar-refractivity contribution < 1.29 is 5.11 Å². The van der Waals surface area contributed by atoms with Gasteiger partial charge in [-0.1, -0.05) is 66.7 Å². The Balaban J connectivity index is 2.06. The second kappa shape index (κ2) is 7.03. The van der Waals surface area contributed by atoms with Gasteiger partial charge in [0.25, 0.3) is 0 Å². The van der Waals surface area contributed by atoms with Crippen molar-refractivity contribution in [1.82, 2.24) is 15.0 Å². The third kappa shape index (κ3) is 3.22. The number of para-hydroxylation sites is 1. The van der Waals surface area contributed by atoms with Gasteiger partial charge in [0.2, 0.25) is 0 Å². The molecule has 3 rings (SSSR count). The Hall–Kier alpha value is -2.72. The van der Waals surface area contributed by atoms with Crippen molar-refractivity contribution in [2.45, 2.75) is 20.0 Å². The van der Waals surface area contributed by atoms with Crippen LogP contribution in [-0.2, 0) is 13.0 Å². The Morgan fingerprint density at radius 2 is 1.74 bits per heavy atom. The van der Waals surface area contributed by atoms with Gasteiger partial charge >= 0.3 is 0 Å². The topological polar surface area (TPSA) is 50.9 Å². The van der Waals surface area contributed by atoms with Gasteiger partial charge in [-0.25, -0.2) is 4.68 Å². The Kier molecular flexibility index (Phi) is 4.64. The highest BCUT2D eigenvalue weighted by molar-refractivity contribution is 5.70. The quantitative estimate of drug-likeness (QED) is 0.785. The summed E-state index contributed by atoms with van der Waals surface area (Å²) in [7, 11) is 0. The monoisotopic (exact) mass is 305 g/mol. The van der Waals surface area contributed by atoms with Crippen LogP contribution in [0.5, 0.6) is 0 Å². The fraction of sp³-hybridized carbons (Fsp3) is 0.158. The molecule has 0 aliphatic heterocycles. The molecule has 0 radical (unpaired) electrons. The minimum Gasteiger partial charge on any atom is -0.390 e. The van der Waals surface area contributed by atoms with Crippen LogP contribution in [0.15, 0.2) is 54.6 Å². The van der Waals surface area contributed by atoms with Crippen molar-refractivity contribution in [1.29, 1.82) is 0 Å². The predicted molar refractivity (Wildman–Crippen MR) is 92.0 cm³/mol. The molecule has 0 bridgehead atoms. The van der Waals surface area contributed by atoms with Gasteiger partial charge in [0.05, 0.1) is 18.0 Å². The molecule has 1 N–H and O–H groups in total. The summed E-state index contributed by atoms with van der Waals surface area (Å²) in [5, 5.41) is 17.9. The number of hydrogen-bond acceptors (Lipinski definition) is 3. The van der Waals surface area contributed by atoms with E-state index in [4.69, 9.17) is 0 Å². The molecule has 116 valence electrons. The minimum atomic E-state index is -0.136. The first-order valence-electron chi connectivity index (χ1n) is 7.70. The van der Waals surface area contributed by atoms with Crippen LogP contribution in [0.1, 0.15) is 29.4 Å². The molecule has 0 fully saturated rings. The van der Waals surface area contributed by atoms with Gasteiger partial charge in [-0.3, -0.25) is 0 Å². The first-order valence-corrected chi connectivity index (χ1v) is 7.70. The van der Waals surface area contributed by atoms with Gasteiger partial charge in [-0.05, 0) is 29.7 Å². The lowest BCUT2D eigenvalue weighted by Gasteiger charge is -2.09. The Morgan fingerprint density at radius 1 is 1.00 bits per heavy atom. The van der Waals surface area contributed by atoms with Crippen LogP contribution in [0.4, 0.5) is 0 Å². The maximum atomic E-state index is 9.55. The normalized spacial score (nSPS) is 11.2. The molecule has 1 aromatic heterocycles. The summed E-state index contributed by atoms with van der Waals surface area (Å²) in [6.45, 7) is 1.98. The highest BCUT2D eigenvalue weighted by Crippen LogP contribution is 2.20. The summed E-state index contributed by atoms with van der Waals surface area (Å²) in [5.41, 5.74) is 4.65. The van der Waals surface area contributed by atoms with Crippen molar-refractivity contribution in [3.05, 3.63) is 77.1 Å². The molecule has 2 aromatic carbocycles. The molecule has 0 saturated carbocycles. The first-order chi connectivity index (χ1) is 11.3. The van der Waals surface area contributed by atoms with Gasteiger partial charge < -0.3 is 5.11 Å². The zero-order valence-electron chi connectivity index (χ0n) is 13.1. The molecule has 0 atom stereocenters. The lowest BCUT2D eigenvalue weighted by Crippen LogP contribution is -2.03. The molecule has 23 heavy (non-hydrogen) atoms. The van der Waals surface area contributed by atoms with Gasteiger partial charge in [0, 0.05) is 0 Å². The lowest BCUT2D eigenvalue weighted by molar-refractivity contribution is 0.276. The number of nitrogens with zero attached hydrogens (tertiary/aromatic N) is 3. The molecular formula is C19H19N3O. The molecule has 0 saturated heterocycles. The number of hydrogen-bond donors (Lipinski definition) is 1. The van der Waals surface area contributed by atoms with E-state index in [2.05, 4.69) is 23.3 Å². The average Bonchev–Trinajstić information content (AvgIpc) is 3.03. The van der Waals surface area contributed by atoms with Gasteiger partial charge in [-0.2, -0.15) is 0 Å². The zero-order chi connectivity index (χ0) is 16.1. The van der Waals surface area contributed by atoms with Crippen LogP contribution in [0.2, 0.25) is 0 Å². The van der Waals surface area contributed by atoms with Crippen molar-refractivity contribution in [2.24, 2.45) is 0 Å². The second-order valence-corrected chi connectivity index (χ2v) is 5.22. The standard InChI is InChI=1S/C19H19N3O/c1-2-16-10-6-7-11-18(16)22-19(17(14-23)20-21-22)13-12-15-8-4-3-5-9-15/h3-13,23H,2,14H2,1H3/b13-12+. The molecule has 4 heteroatoms. The smallest absolute Gasteiger partial charge is 0.116 e. The summed E-state index contributed by atoms with van der Waals surface area (Å²) < 4.78 is 1.80. The molecule has 0 aliphatic rings. The summed E-state index contributed by atoms with van der Waals surface area (Å²) in [6.07, 6.45) is 4.86. The molecule has 0 aliphatic carbocycles. The minimum absolute atomic E-state index is 0.136. The summed E-state index contributed by atoms with van der Waals surface area (Å²) in [6, 6.07) is 18.1. The Labute approximate surface area is 135 Å². The number of aromatic nitrogens is 3. The van der Waals surface area contributed by atoms with Crippen molar-refractivity contribution >= 4 is 12.2 Å². The van der Waals surface area contributed by atoms with Gasteiger partial charge in [0.15, 0.2) is 0 Å². The van der Waals surface area contributed by atoms with Crippen LogP contribution < -0.4 is 0 Å². The summed E-state index contributed by atoms with van der Waals surface area (Å²) >= 11 is 0. The largest absolute Gasteiger partial charge is 0.390 e. The molecule has 0 amide bonds. The number of rotatable bonds is 5. The van der Waals surface area contributed by atoms with E-state index in [1.165, 1.54) is 5.56 Å². The van der Waals surface area contributed by atoms with Crippen molar-refractivity contribution in [3.63, 3.8) is 0 Å². The van der Waals surface area contributed by atoms with E-state index in [0.29, 0.717) is 5.69 Å². The molecular weight excluding hydrogens is 286 g/mol. The zero-order valence-corrected chi connectivity index (χ0v) is 13.1. The highest BCUT2D eigenvalue weighted by Gasteiger charge is 2.13. The van der Waals surface area contributed by atoms with E-state index >= 15 is 0 Å². The predicted octanol–water partition coefficient (Wildman–Crippen LogP) is 3.49. The molecule has 3 aromatic rings. The molecule has 4 nitrogen and oxygen atoms in total. The van der Waals surface area contributed by atoms with E-state index in [1.54, 1.807) is 4.68 Å². The van der Waals surface area contributed by atoms with E-state index in [9.17, 15) is 5.11 Å². The van der Waals surface area contributed by atoms with Crippen LogP contribution in [0.3, 0.4) is 0 Å². The van der Waals surface area contributed by atoms with Gasteiger partial charge in [0.1, 0.15) is 5.69 Å². The van der Waals surface area contributed by atoms with Crippen LogP contribution in [0, 0.1) is 0 Å². The Bertz CT molecular complexity index is 806. The van der Waals surface area contributed by atoms with E-state index in [0.717, 1.165) is 23.4 Å². The molecule has 1 heterocycles. The van der Waals surface area contributed by atoms with Crippen LogP contribution in [-0.4, -0.2) is 20.1 Å². The molecule has 0 unspecified atom stereocenters. The Morgan fingerprint density at radius 3 is 2.48 bits per heavy atom. The number of aliphatic hydroxyl groups excluding tert-OH is 1. The maximum absolute atomic E-state index is 9.55. The second-order valence-electron chi connectivity index (χ2n) is 5.22. The fourth-order valence-corrected chi connectivity index (χ4v) is 2.53. The van der Waals surface area contributed by atoms with E-state index in [-0.39, 0.29) is 6.61 Å². The number of aliphatic hydroxyl groups is 1. The SMILES string of the molecule is CCc1ccccc1-n1nnc(CO)c1/C=C/c1ccccc1. The van der Waals surface area contributed by atoms with E-state index in [1.807, 2.05) is 60.7 Å². The lowest BCUT2D eigenvalue weighted by atomic mass is 10.1. The number of benzene rings is 2. The van der Waals surface area contributed by atoms with Crippen LogP contribution >= 0.6 is 0 Å². The fourth-order valence-electron chi connectivity index (χ4n) is 2.53. The third-order valence-corrected chi connectivity index (χ3v) is 3.76. The third-order valence-electron chi connectivity index (χ3n) is 3.76. The van der Waals surface area contributed by atoms with E-state index < -0.39 is 0 Å². The summed E-state index contributed by atoms with van der Waals surface area (Å²) in [4.78, 5) is 0. The highest BCUT2D eigenvalue weighted by atomic mass is 16.3. The molecule has 0 spiro atoms. The number of aryl methyl sites for hydroxylation is 1. The maximum Gasteiger partial charge on any atom is 0.116 e.